The van der Waals surface area contributed by atoms with Crippen LogP contribution >= 0.6 is 0 Å². The molecule has 0 radical (unpaired) electrons. The van der Waals surface area contributed by atoms with E-state index in [1.165, 1.54) is 10.9 Å². The topological polar surface area (TPSA) is 140 Å². The molecule has 4 rings (SSSR count). The third-order valence-electron chi connectivity index (χ3n) is 4.52. The Morgan fingerprint density at radius 1 is 1.12 bits per heavy atom. The summed E-state index contributed by atoms with van der Waals surface area (Å²) in [6.45, 7) is -0.405. The first-order chi connectivity index (χ1) is 12.6. The molecule has 4 unspecified atom stereocenters. The zero-order valence-electron chi connectivity index (χ0n) is 13.8. The number of hydrogen-bond acceptors (Lipinski definition) is 8. The number of aromatic nitrogens is 4. The summed E-state index contributed by atoms with van der Waals surface area (Å²) in [5.41, 5.74) is 8.52. The Bertz CT molecular complexity index is 916. The van der Waals surface area contributed by atoms with Gasteiger partial charge in [0.1, 0.15) is 23.8 Å². The Kier molecular flexibility index (Phi) is 4.29. The van der Waals surface area contributed by atoms with Crippen LogP contribution in [-0.4, -0.2) is 59.8 Å². The highest BCUT2D eigenvalue weighted by molar-refractivity contribution is 5.75. The molecule has 0 aliphatic carbocycles. The van der Waals surface area contributed by atoms with Crippen LogP contribution in [-0.2, 0) is 11.2 Å². The summed E-state index contributed by atoms with van der Waals surface area (Å²) < 4.78 is 7.06. The fourth-order valence-corrected chi connectivity index (χ4v) is 3.20. The van der Waals surface area contributed by atoms with E-state index in [0.717, 1.165) is 5.56 Å². The van der Waals surface area contributed by atoms with Gasteiger partial charge in [0.05, 0.1) is 18.6 Å². The predicted molar refractivity (Wildman–Crippen MR) is 92.0 cm³/mol. The van der Waals surface area contributed by atoms with E-state index in [9.17, 15) is 15.3 Å². The van der Waals surface area contributed by atoms with Crippen molar-refractivity contribution in [3.05, 3.63) is 47.9 Å². The second-order valence-electron chi connectivity index (χ2n) is 6.24. The number of imidazole rings is 1. The Morgan fingerprint density at radius 2 is 1.88 bits per heavy atom. The van der Waals surface area contributed by atoms with Crippen molar-refractivity contribution in [2.24, 2.45) is 0 Å². The number of hydrogen-bond donors (Lipinski definition) is 4. The van der Waals surface area contributed by atoms with E-state index in [0.29, 0.717) is 23.3 Å². The van der Waals surface area contributed by atoms with E-state index in [2.05, 4.69) is 15.0 Å². The van der Waals surface area contributed by atoms with Crippen molar-refractivity contribution in [1.82, 2.24) is 19.5 Å². The minimum absolute atomic E-state index is 0.0805. The van der Waals surface area contributed by atoms with E-state index in [1.54, 1.807) is 0 Å². The lowest BCUT2D eigenvalue weighted by atomic mass is 10.1. The molecule has 26 heavy (non-hydrogen) atoms. The van der Waals surface area contributed by atoms with Crippen LogP contribution < -0.4 is 5.73 Å². The highest BCUT2D eigenvalue weighted by Crippen LogP contribution is 2.32. The van der Waals surface area contributed by atoms with Crippen molar-refractivity contribution >= 4 is 17.1 Å². The maximum atomic E-state index is 10.3. The van der Waals surface area contributed by atoms with Gasteiger partial charge in [0, 0.05) is 6.42 Å². The summed E-state index contributed by atoms with van der Waals surface area (Å²) in [6, 6.07) is 9.77. The second-order valence-corrected chi connectivity index (χ2v) is 6.24. The number of nitrogen functional groups attached to an aromatic ring is 1. The lowest BCUT2D eigenvalue weighted by Gasteiger charge is -2.16. The van der Waals surface area contributed by atoms with Gasteiger partial charge in [0.2, 0.25) is 5.95 Å². The fraction of sp³-hybridized carbons (Fsp3) is 0.353. The zero-order chi connectivity index (χ0) is 18.3. The lowest BCUT2D eigenvalue weighted by Crippen LogP contribution is -2.33. The van der Waals surface area contributed by atoms with Crippen LogP contribution in [0.1, 0.15) is 17.5 Å². The molecule has 1 fully saturated rings. The molecule has 2 aromatic heterocycles. The minimum atomic E-state index is -1.22. The quantitative estimate of drug-likeness (QED) is 0.495. The van der Waals surface area contributed by atoms with Gasteiger partial charge in [0.15, 0.2) is 11.9 Å². The first-order valence-electron chi connectivity index (χ1n) is 8.23. The molecule has 0 amide bonds. The average Bonchev–Trinajstić information content (AvgIpc) is 3.17. The van der Waals surface area contributed by atoms with Gasteiger partial charge in [-0.25, -0.2) is 9.97 Å². The monoisotopic (exact) mass is 357 g/mol. The third-order valence-corrected chi connectivity index (χ3v) is 4.52. The van der Waals surface area contributed by atoms with Crippen molar-refractivity contribution < 1.29 is 20.1 Å². The molecule has 0 spiro atoms. The largest absolute Gasteiger partial charge is 0.394 e. The van der Waals surface area contributed by atoms with E-state index < -0.39 is 31.1 Å². The fourth-order valence-electron chi connectivity index (χ4n) is 3.20. The van der Waals surface area contributed by atoms with Gasteiger partial charge in [-0.1, -0.05) is 30.3 Å². The van der Waals surface area contributed by atoms with E-state index in [1.807, 2.05) is 30.3 Å². The maximum Gasteiger partial charge on any atom is 0.222 e. The molecular weight excluding hydrogens is 338 g/mol. The van der Waals surface area contributed by atoms with Crippen LogP contribution in [0.25, 0.3) is 11.2 Å². The average molecular weight is 357 g/mol. The number of anilines is 1. The number of aliphatic hydroxyl groups excluding tert-OH is 3. The summed E-state index contributed by atoms with van der Waals surface area (Å²) in [5.74, 6) is 0.0805. The SMILES string of the molecule is Nc1nc(Cc2ccccc2)c2ncn(C3OC(CO)C(O)C3O)c2n1. The smallest absolute Gasteiger partial charge is 0.222 e. The number of benzene rings is 1. The van der Waals surface area contributed by atoms with Crippen molar-refractivity contribution in [2.45, 2.75) is 31.0 Å². The number of ether oxygens (including phenoxy) is 1. The van der Waals surface area contributed by atoms with E-state index in [-0.39, 0.29) is 5.95 Å². The molecule has 1 saturated heterocycles. The van der Waals surface area contributed by atoms with Crippen LogP contribution in [0.4, 0.5) is 5.95 Å². The molecule has 3 heterocycles. The predicted octanol–water partition coefficient (Wildman–Crippen LogP) is -0.389. The second kappa shape index (κ2) is 6.61. The van der Waals surface area contributed by atoms with Gasteiger partial charge in [-0.15, -0.1) is 0 Å². The molecule has 9 nitrogen and oxygen atoms in total. The molecule has 1 aliphatic rings. The maximum absolute atomic E-state index is 10.3. The molecule has 5 N–H and O–H groups in total. The third kappa shape index (κ3) is 2.80. The molecular formula is C17H19N5O4. The standard InChI is InChI=1S/C17H19N5O4/c18-17-20-10(6-9-4-2-1-3-5-9)12-15(21-17)22(8-19-12)16-14(25)13(24)11(7-23)26-16/h1-5,8,11,13-14,16,23-25H,6-7H2,(H2,18,20,21). The van der Waals surface area contributed by atoms with Gasteiger partial charge in [0.25, 0.3) is 0 Å². The molecule has 136 valence electrons. The molecule has 3 aromatic rings. The van der Waals surface area contributed by atoms with Crippen LogP contribution in [0.5, 0.6) is 0 Å². The van der Waals surface area contributed by atoms with Crippen LogP contribution in [0.15, 0.2) is 36.7 Å². The molecule has 9 heteroatoms. The van der Waals surface area contributed by atoms with Gasteiger partial charge in [-0.2, -0.15) is 4.98 Å². The first kappa shape index (κ1) is 16.9. The van der Waals surface area contributed by atoms with Gasteiger partial charge in [-0.3, -0.25) is 4.57 Å². The van der Waals surface area contributed by atoms with Gasteiger partial charge < -0.3 is 25.8 Å². The summed E-state index contributed by atoms with van der Waals surface area (Å²) in [6.07, 6.45) is -2.24. The number of aliphatic hydroxyl groups is 3. The van der Waals surface area contributed by atoms with Crippen LogP contribution in [0, 0.1) is 0 Å². The highest BCUT2D eigenvalue weighted by atomic mass is 16.6. The molecule has 0 bridgehead atoms. The highest BCUT2D eigenvalue weighted by Gasteiger charge is 2.44. The number of rotatable bonds is 4. The van der Waals surface area contributed by atoms with Crippen molar-refractivity contribution in [1.29, 1.82) is 0 Å². The molecule has 4 atom stereocenters. The Balaban J connectivity index is 1.75. The summed E-state index contributed by atoms with van der Waals surface area (Å²) in [4.78, 5) is 12.9. The summed E-state index contributed by atoms with van der Waals surface area (Å²) >= 11 is 0. The van der Waals surface area contributed by atoms with Crippen molar-refractivity contribution in [3.8, 4) is 0 Å². The summed E-state index contributed by atoms with van der Waals surface area (Å²) in [7, 11) is 0. The van der Waals surface area contributed by atoms with Gasteiger partial charge >= 0.3 is 0 Å². The molecule has 1 aromatic carbocycles. The zero-order valence-corrected chi connectivity index (χ0v) is 13.8. The van der Waals surface area contributed by atoms with Gasteiger partial charge in [-0.05, 0) is 5.56 Å². The normalized spacial score (nSPS) is 25.8. The van der Waals surface area contributed by atoms with E-state index >= 15 is 0 Å². The Morgan fingerprint density at radius 3 is 2.58 bits per heavy atom. The summed E-state index contributed by atoms with van der Waals surface area (Å²) in [5, 5.41) is 29.5. The van der Waals surface area contributed by atoms with Crippen molar-refractivity contribution in [2.75, 3.05) is 12.3 Å². The lowest BCUT2D eigenvalue weighted by molar-refractivity contribution is -0.0511. The molecule has 0 saturated carbocycles. The number of fused-ring (bicyclic) bond motifs is 1. The minimum Gasteiger partial charge on any atom is -0.394 e. The van der Waals surface area contributed by atoms with Crippen molar-refractivity contribution in [3.63, 3.8) is 0 Å². The Labute approximate surface area is 148 Å². The van der Waals surface area contributed by atoms with E-state index in [4.69, 9.17) is 10.5 Å². The first-order valence-corrected chi connectivity index (χ1v) is 8.23. The number of nitrogens with two attached hydrogens (primary N) is 1. The Hall–Kier alpha value is -2.59. The molecule has 1 aliphatic heterocycles. The number of nitrogens with zero attached hydrogens (tertiary/aromatic N) is 4. The van der Waals surface area contributed by atoms with Crippen LogP contribution in [0.3, 0.4) is 0 Å². The van der Waals surface area contributed by atoms with Crippen LogP contribution in [0.2, 0.25) is 0 Å².